The quantitative estimate of drug-likeness (QED) is 0.288. The summed E-state index contributed by atoms with van der Waals surface area (Å²) in [4.78, 5) is 0. The molecule has 0 radical (unpaired) electrons. The van der Waals surface area contributed by atoms with E-state index in [0.717, 1.165) is 0 Å². The van der Waals surface area contributed by atoms with Gasteiger partial charge < -0.3 is 30.9 Å². The molecule has 0 aromatic carbocycles. The summed E-state index contributed by atoms with van der Waals surface area (Å²) in [7, 11) is 0. The average Bonchev–Trinajstić information content (AvgIpc) is 2.08. The SMILES string of the molecule is NCC1OC(O)C(O)[C@@H](O)[C@H]1O. The number of hydrogen-bond acceptors (Lipinski definition) is 6. The van der Waals surface area contributed by atoms with Crippen molar-refractivity contribution in [1.29, 1.82) is 0 Å². The summed E-state index contributed by atoms with van der Waals surface area (Å²) in [5.41, 5.74) is 5.17. The van der Waals surface area contributed by atoms with E-state index < -0.39 is 30.7 Å². The first-order valence-electron chi connectivity index (χ1n) is 3.65. The second-order valence-electron chi connectivity index (χ2n) is 2.77. The van der Waals surface area contributed by atoms with Crippen molar-refractivity contribution in [2.24, 2.45) is 5.73 Å². The van der Waals surface area contributed by atoms with Crippen molar-refractivity contribution >= 4 is 0 Å². The number of aliphatic hydroxyl groups is 4. The minimum Gasteiger partial charge on any atom is -0.388 e. The highest BCUT2D eigenvalue weighted by Gasteiger charge is 2.42. The fourth-order valence-corrected chi connectivity index (χ4v) is 1.13. The van der Waals surface area contributed by atoms with Gasteiger partial charge >= 0.3 is 0 Å². The van der Waals surface area contributed by atoms with Crippen LogP contribution in [0.2, 0.25) is 0 Å². The van der Waals surface area contributed by atoms with Gasteiger partial charge in [-0.2, -0.15) is 0 Å². The molecule has 6 nitrogen and oxygen atoms in total. The van der Waals surface area contributed by atoms with Crippen LogP contribution in [0.25, 0.3) is 0 Å². The fraction of sp³-hybridized carbons (Fsp3) is 1.00. The van der Waals surface area contributed by atoms with Crippen LogP contribution in [0, 0.1) is 0 Å². The predicted molar refractivity (Wildman–Crippen MR) is 38.0 cm³/mol. The number of ether oxygens (including phenoxy) is 1. The number of aliphatic hydroxyl groups excluding tert-OH is 4. The Labute approximate surface area is 69.2 Å². The van der Waals surface area contributed by atoms with Crippen LogP contribution in [0.5, 0.6) is 0 Å². The van der Waals surface area contributed by atoms with Crippen molar-refractivity contribution in [2.75, 3.05) is 6.54 Å². The maximum Gasteiger partial charge on any atom is 0.184 e. The third kappa shape index (κ3) is 1.58. The summed E-state index contributed by atoms with van der Waals surface area (Å²) in [6, 6.07) is 0. The van der Waals surface area contributed by atoms with Gasteiger partial charge in [-0.25, -0.2) is 0 Å². The molecule has 1 rings (SSSR count). The molecule has 3 unspecified atom stereocenters. The molecular weight excluding hydrogens is 166 g/mol. The molecule has 0 spiro atoms. The minimum atomic E-state index is -1.49. The zero-order valence-corrected chi connectivity index (χ0v) is 6.37. The lowest BCUT2D eigenvalue weighted by molar-refractivity contribution is -0.279. The predicted octanol–water partition coefficient (Wildman–Crippen LogP) is -3.25. The Hall–Kier alpha value is -0.240. The van der Waals surface area contributed by atoms with E-state index >= 15 is 0 Å². The van der Waals surface area contributed by atoms with E-state index in [2.05, 4.69) is 0 Å². The standard InChI is InChI=1S/C6H13NO5/c7-1-2-3(8)4(9)5(10)6(11)12-2/h2-6,8-11H,1,7H2/t2?,3-,4-,5?,6?/m0/s1. The summed E-state index contributed by atoms with van der Waals surface area (Å²) in [5.74, 6) is 0. The van der Waals surface area contributed by atoms with Crippen LogP contribution < -0.4 is 5.73 Å². The monoisotopic (exact) mass is 179 g/mol. The topological polar surface area (TPSA) is 116 Å². The summed E-state index contributed by atoms with van der Waals surface area (Å²) in [5, 5.41) is 36.3. The molecule has 0 saturated carbocycles. The van der Waals surface area contributed by atoms with Gasteiger partial charge in [-0.1, -0.05) is 0 Å². The molecular formula is C6H13NO5. The molecule has 1 aliphatic heterocycles. The van der Waals surface area contributed by atoms with Crippen LogP contribution in [0.15, 0.2) is 0 Å². The zero-order chi connectivity index (χ0) is 9.30. The summed E-state index contributed by atoms with van der Waals surface area (Å²) in [6.45, 7) is -0.0258. The van der Waals surface area contributed by atoms with Gasteiger partial charge in [0.2, 0.25) is 0 Å². The highest BCUT2D eigenvalue weighted by molar-refractivity contribution is 4.88. The van der Waals surface area contributed by atoms with Gasteiger partial charge in [0, 0.05) is 6.54 Å². The Morgan fingerprint density at radius 3 is 2.08 bits per heavy atom. The van der Waals surface area contributed by atoms with Crippen LogP contribution in [-0.4, -0.2) is 57.7 Å². The van der Waals surface area contributed by atoms with E-state index in [1.165, 1.54) is 0 Å². The van der Waals surface area contributed by atoms with Crippen molar-refractivity contribution < 1.29 is 25.2 Å². The van der Waals surface area contributed by atoms with Crippen molar-refractivity contribution in [1.82, 2.24) is 0 Å². The lowest BCUT2D eigenvalue weighted by atomic mass is 9.99. The number of nitrogens with two attached hydrogens (primary N) is 1. The maximum absolute atomic E-state index is 9.20. The van der Waals surface area contributed by atoms with Gasteiger partial charge in [0.05, 0.1) is 0 Å². The molecule has 6 heteroatoms. The Kier molecular flexibility index (Phi) is 2.99. The van der Waals surface area contributed by atoms with Gasteiger partial charge in [0.25, 0.3) is 0 Å². The van der Waals surface area contributed by atoms with E-state index in [0.29, 0.717) is 0 Å². The zero-order valence-electron chi connectivity index (χ0n) is 6.37. The van der Waals surface area contributed by atoms with Gasteiger partial charge in [0.15, 0.2) is 6.29 Å². The highest BCUT2D eigenvalue weighted by Crippen LogP contribution is 2.18. The summed E-state index contributed by atoms with van der Waals surface area (Å²) >= 11 is 0. The molecule has 1 heterocycles. The second-order valence-corrected chi connectivity index (χ2v) is 2.77. The Morgan fingerprint density at radius 1 is 1.00 bits per heavy atom. The van der Waals surface area contributed by atoms with E-state index in [1.54, 1.807) is 0 Å². The van der Waals surface area contributed by atoms with Gasteiger partial charge in [-0.05, 0) is 0 Å². The van der Waals surface area contributed by atoms with Crippen LogP contribution in [0.3, 0.4) is 0 Å². The van der Waals surface area contributed by atoms with Gasteiger partial charge in [-0.15, -0.1) is 0 Å². The lowest BCUT2D eigenvalue weighted by Gasteiger charge is -2.37. The Bertz CT molecular complexity index is 150. The molecule has 1 aliphatic rings. The molecule has 12 heavy (non-hydrogen) atoms. The first kappa shape index (κ1) is 9.85. The normalized spacial score (nSPS) is 49.2. The van der Waals surface area contributed by atoms with Crippen LogP contribution in [-0.2, 0) is 4.74 Å². The second kappa shape index (κ2) is 3.65. The molecule has 5 atom stereocenters. The average molecular weight is 179 g/mol. The van der Waals surface area contributed by atoms with E-state index in [-0.39, 0.29) is 6.54 Å². The molecule has 0 bridgehead atoms. The summed E-state index contributed by atoms with van der Waals surface area (Å²) in [6.07, 6.45) is -6.48. The molecule has 72 valence electrons. The van der Waals surface area contributed by atoms with Crippen LogP contribution >= 0.6 is 0 Å². The Morgan fingerprint density at radius 2 is 1.58 bits per heavy atom. The molecule has 0 aromatic heterocycles. The van der Waals surface area contributed by atoms with E-state index in [4.69, 9.17) is 25.8 Å². The smallest absolute Gasteiger partial charge is 0.184 e. The first-order valence-corrected chi connectivity index (χ1v) is 3.65. The molecule has 0 amide bonds. The van der Waals surface area contributed by atoms with E-state index in [1.807, 2.05) is 0 Å². The minimum absolute atomic E-state index is 0.0258. The molecule has 0 aliphatic carbocycles. The van der Waals surface area contributed by atoms with Crippen LogP contribution in [0.1, 0.15) is 0 Å². The number of hydrogen-bond donors (Lipinski definition) is 5. The van der Waals surface area contributed by atoms with Crippen molar-refractivity contribution in [3.63, 3.8) is 0 Å². The largest absolute Gasteiger partial charge is 0.388 e. The molecule has 1 saturated heterocycles. The molecule has 0 aromatic rings. The van der Waals surface area contributed by atoms with Crippen molar-refractivity contribution in [2.45, 2.75) is 30.7 Å². The Balaban J connectivity index is 2.63. The highest BCUT2D eigenvalue weighted by atomic mass is 16.6. The lowest BCUT2D eigenvalue weighted by Crippen LogP contribution is -2.59. The molecule has 1 fully saturated rings. The third-order valence-electron chi connectivity index (χ3n) is 1.92. The van der Waals surface area contributed by atoms with Crippen molar-refractivity contribution in [3.8, 4) is 0 Å². The van der Waals surface area contributed by atoms with Gasteiger partial charge in [0.1, 0.15) is 24.4 Å². The van der Waals surface area contributed by atoms with Crippen LogP contribution in [0.4, 0.5) is 0 Å². The maximum atomic E-state index is 9.20. The van der Waals surface area contributed by atoms with Gasteiger partial charge in [-0.3, -0.25) is 0 Å². The van der Waals surface area contributed by atoms with E-state index in [9.17, 15) is 5.11 Å². The third-order valence-corrected chi connectivity index (χ3v) is 1.92. The molecule has 6 N–H and O–H groups in total. The number of rotatable bonds is 1. The first-order chi connectivity index (χ1) is 5.57. The fourth-order valence-electron chi connectivity index (χ4n) is 1.13. The summed E-state index contributed by atoms with van der Waals surface area (Å²) < 4.78 is 4.70. The van der Waals surface area contributed by atoms with Crippen molar-refractivity contribution in [3.05, 3.63) is 0 Å².